The lowest BCUT2D eigenvalue weighted by atomic mass is 9.95. The summed E-state index contributed by atoms with van der Waals surface area (Å²) in [6, 6.07) is 21.6. The number of carbonyl (C=O) groups is 2. The number of amides is 1. The minimum Gasteiger partial charge on any atom is -0.507 e. The van der Waals surface area contributed by atoms with Crippen LogP contribution >= 0.6 is 55.0 Å². The number of benzene rings is 3. The molecule has 1 aromatic heterocycles. The number of hydrogen-bond donors (Lipinski definition) is 1. The predicted molar refractivity (Wildman–Crippen MR) is 154 cm³/mol. The van der Waals surface area contributed by atoms with Gasteiger partial charge in [0.2, 0.25) is 5.13 Å². The van der Waals surface area contributed by atoms with Crippen LogP contribution in [-0.4, -0.2) is 27.0 Å². The van der Waals surface area contributed by atoms with Crippen LogP contribution in [0.1, 0.15) is 28.3 Å². The second kappa shape index (κ2) is 10.9. The van der Waals surface area contributed by atoms with Crippen LogP contribution in [0.25, 0.3) is 5.76 Å². The Morgan fingerprint density at radius 1 is 1.00 bits per heavy atom. The van der Waals surface area contributed by atoms with E-state index in [1.54, 1.807) is 24.3 Å². The Kier molecular flexibility index (Phi) is 7.62. The molecule has 5 rings (SSSR count). The summed E-state index contributed by atoms with van der Waals surface area (Å²) in [5.41, 5.74) is 3.45. The quantitative estimate of drug-likeness (QED) is 0.0772. The molecular weight excluding hydrogens is 638 g/mol. The molecule has 1 unspecified atom stereocenters. The smallest absolute Gasteiger partial charge is 0.301 e. The number of ketones is 1. The van der Waals surface area contributed by atoms with Gasteiger partial charge in [-0.05, 0) is 42.3 Å². The van der Waals surface area contributed by atoms with Gasteiger partial charge in [0.1, 0.15) is 5.76 Å². The maximum absolute atomic E-state index is 13.3. The highest BCUT2D eigenvalue weighted by molar-refractivity contribution is 9.10. The second-order valence-electron chi connectivity index (χ2n) is 8.36. The van der Waals surface area contributed by atoms with Gasteiger partial charge in [-0.1, -0.05) is 109 Å². The van der Waals surface area contributed by atoms with Gasteiger partial charge in [0.15, 0.2) is 4.34 Å². The van der Waals surface area contributed by atoms with Crippen LogP contribution in [0.2, 0.25) is 0 Å². The van der Waals surface area contributed by atoms with Crippen molar-refractivity contribution in [3.8, 4) is 0 Å². The monoisotopic (exact) mass is 655 g/mol. The SMILES string of the molecule is Cc1ccc(CSc2nnc(N3C(=O)C(=O)/C(=C(\O)c4ccc(Br)cc4)C3c3cccc(Br)c3)s2)cc1. The normalized spacial score (nSPS) is 16.9. The van der Waals surface area contributed by atoms with E-state index in [-0.39, 0.29) is 11.3 Å². The van der Waals surface area contributed by atoms with Gasteiger partial charge in [-0.2, -0.15) is 0 Å². The third-order valence-electron chi connectivity index (χ3n) is 5.81. The lowest BCUT2D eigenvalue weighted by molar-refractivity contribution is -0.132. The molecule has 6 nitrogen and oxygen atoms in total. The second-order valence-corrected chi connectivity index (χ2v) is 12.4. The molecule has 3 aromatic carbocycles. The Hall–Kier alpha value is -2.79. The van der Waals surface area contributed by atoms with E-state index in [2.05, 4.69) is 66.3 Å². The molecule has 37 heavy (non-hydrogen) atoms. The number of anilines is 1. The molecule has 0 spiro atoms. The molecule has 0 bridgehead atoms. The minimum atomic E-state index is -0.857. The van der Waals surface area contributed by atoms with Crippen molar-refractivity contribution in [1.29, 1.82) is 0 Å². The third kappa shape index (κ3) is 5.43. The molecule has 0 saturated carbocycles. The zero-order valence-electron chi connectivity index (χ0n) is 19.4. The van der Waals surface area contributed by atoms with Crippen molar-refractivity contribution < 1.29 is 14.7 Å². The van der Waals surface area contributed by atoms with E-state index in [1.165, 1.54) is 33.6 Å². The highest BCUT2D eigenvalue weighted by Gasteiger charge is 2.48. The van der Waals surface area contributed by atoms with Gasteiger partial charge in [-0.15, -0.1) is 10.2 Å². The summed E-state index contributed by atoms with van der Waals surface area (Å²) in [4.78, 5) is 28.0. The Balaban J connectivity index is 1.53. The first-order chi connectivity index (χ1) is 17.8. The fourth-order valence-corrected chi connectivity index (χ4v) is 6.48. The maximum atomic E-state index is 13.3. The summed E-state index contributed by atoms with van der Waals surface area (Å²) < 4.78 is 2.29. The lowest BCUT2D eigenvalue weighted by Crippen LogP contribution is -2.29. The lowest BCUT2D eigenvalue weighted by Gasteiger charge is -2.22. The molecule has 10 heteroatoms. The zero-order chi connectivity index (χ0) is 26.1. The Morgan fingerprint density at radius 2 is 1.73 bits per heavy atom. The van der Waals surface area contributed by atoms with Gasteiger partial charge in [0.25, 0.3) is 5.78 Å². The van der Waals surface area contributed by atoms with Gasteiger partial charge in [0.05, 0.1) is 11.6 Å². The molecule has 1 N–H and O–H groups in total. The fraction of sp³-hybridized carbons (Fsp3) is 0.111. The summed E-state index contributed by atoms with van der Waals surface area (Å²) in [5, 5.41) is 20.0. The highest BCUT2D eigenvalue weighted by Crippen LogP contribution is 2.44. The highest BCUT2D eigenvalue weighted by atomic mass is 79.9. The average Bonchev–Trinajstić information content (AvgIpc) is 3.46. The summed E-state index contributed by atoms with van der Waals surface area (Å²) in [5.74, 6) is -1.06. The van der Waals surface area contributed by atoms with Crippen molar-refractivity contribution in [2.75, 3.05) is 4.90 Å². The molecule has 1 fully saturated rings. The Labute approximate surface area is 238 Å². The topological polar surface area (TPSA) is 83.4 Å². The fourth-order valence-electron chi connectivity index (χ4n) is 3.97. The van der Waals surface area contributed by atoms with Crippen LogP contribution in [0.4, 0.5) is 5.13 Å². The molecule has 0 radical (unpaired) electrons. The minimum absolute atomic E-state index is 0.00878. The standard InChI is InChI=1S/C27H19Br2N3O3S2/c1-15-5-7-16(8-6-15)14-36-27-31-30-26(37-27)32-22(18-3-2-4-20(29)13-18)21(24(34)25(32)35)23(33)17-9-11-19(28)12-10-17/h2-13,22,33H,14H2,1H3/b23-21-. The van der Waals surface area contributed by atoms with Crippen LogP contribution in [0, 0.1) is 6.92 Å². The van der Waals surface area contributed by atoms with Crippen molar-refractivity contribution in [2.45, 2.75) is 23.1 Å². The van der Waals surface area contributed by atoms with Crippen LogP contribution < -0.4 is 4.90 Å². The molecule has 2 heterocycles. The number of hydrogen-bond acceptors (Lipinski definition) is 7. The number of aliphatic hydroxyl groups excluding tert-OH is 1. The molecule has 1 amide bonds. The first-order valence-electron chi connectivity index (χ1n) is 11.2. The van der Waals surface area contributed by atoms with Gasteiger partial charge in [-0.3, -0.25) is 14.5 Å². The number of halogens is 2. The van der Waals surface area contributed by atoms with Crippen LogP contribution in [-0.2, 0) is 15.3 Å². The van der Waals surface area contributed by atoms with E-state index in [0.717, 1.165) is 14.5 Å². The largest absolute Gasteiger partial charge is 0.507 e. The number of aliphatic hydroxyl groups is 1. The number of thioether (sulfide) groups is 1. The summed E-state index contributed by atoms with van der Waals surface area (Å²) >= 11 is 9.62. The summed E-state index contributed by atoms with van der Waals surface area (Å²) in [6.07, 6.45) is 0. The number of aromatic nitrogens is 2. The molecule has 1 aliphatic rings. The first-order valence-corrected chi connectivity index (χ1v) is 14.5. The molecule has 186 valence electrons. The van der Waals surface area contributed by atoms with Crippen molar-refractivity contribution in [3.05, 3.63) is 110 Å². The van der Waals surface area contributed by atoms with Crippen molar-refractivity contribution in [3.63, 3.8) is 0 Å². The van der Waals surface area contributed by atoms with Crippen LogP contribution in [0.3, 0.4) is 0 Å². The Bertz CT molecular complexity index is 1520. The number of carbonyl (C=O) groups excluding carboxylic acids is 2. The third-order valence-corrected chi connectivity index (χ3v) is 8.96. The van der Waals surface area contributed by atoms with E-state index in [0.29, 0.717) is 26.4 Å². The molecular formula is C27H19Br2N3O3S2. The van der Waals surface area contributed by atoms with E-state index in [9.17, 15) is 14.7 Å². The number of Topliss-reactive ketones (excluding diaryl/α,β-unsaturated/α-hetero) is 1. The van der Waals surface area contributed by atoms with E-state index >= 15 is 0 Å². The average molecular weight is 657 g/mol. The van der Waals surface area contributed by atoms with E-state index in [1.807, 2.05) is 31.2 Å². The molecule has 1 saturated heterocycles. The van der Waals surface area contributed by atoms with E-state index < -0.39 is 17.7 Å². The van der Waals surface area contributed by atoms with Gasteiger partial charge < -0.3 is 5.11 Å². The zero-order valence-corrected chi connectivity index (χ0v) is 24.2. The summed E-state index contributed by atoms with van der Waals surface area (Å²) in [6.45, 7) is 2.04. The number of rotatable bonds is 6. The van der Waals surface area contributed by atoms with Gasteiger partial charge in [0, 0.05) is 20.3 Å². The van der Waals surface area contributed by atoms with E-state index in [4.69, 9.17) is 0 Å². The van der Waals surface area contributed by atoms with Crippen molar-refractivity contribution in [1.82, 2.24) is 10.2 Å². The Morgan fingerprint density at radius 3 is 2.43 bits per heavy atom. The van der Waals surface area contributed by atoms with Crippen molar-refractivity contribution >= 4 is 77.5 Å². The molecule has 4 aromatic rings. The molecule has 1 aliphatic heterocycles. The first kappa shape index (κ1) is 25.8. The number of aryl methyl sites for hydroxylation is 1. The van der Waals surface area contributed by atoms with Crippen molar-refractivity contribution in [2.24, 2.45) is 0 Å². The van der Waals surface area contributed by atoms with Gasteiger partial charge in [-0.25, -0.2) is 0 Å². The molecule has 0 aliphatic carbocycles. The number of nitrogens with zero attached hydrogens (tertiary/aromatic N) is 3. The summed E-state index contributed by atoms with van der Waals surface area (Å²) in [7, 11) is 0. The van der Waals surface area contributed by atoms with Crippen LogP contribution in [0.15, 0.2) is 91.7 Å². The predicted octanol–water partition coefficient (Wildman–Crippen LogP) is 7.29. The molecule has 1 atom stereocenters. The maximum Gasteiger partial charge on any atom is 0.301 e. The van der Waals surface area contributed by atoms with Gasteiger partial charge >= 0.3 is 5.91 Å². The van der Waals surface area contributed by atoms with Crippen LogP contribution in [0.5, 0.6) is 0 Å².